The number of nitrogens with two attached hydrogens (primary N) is 1. The monoisotopic (exact) mass is 259 g/mol. The van der Waals surface area contributed by atoms with Crippen molar-refractivity contribution in [3.05, 3.63) is 53.8 Å². The summed E-state index contributed by atoms with van der Waals surface area (Å²) in [6.45, 7) is 0. The van der Waals surface area contributed by atoms with Crippen LogP contribution in [0.3, 0.4) is 0 Å². The molecule has 2 aromatic heterocycles. The van der Waals surface area contributed by atoms with Crippen LogP contribution in [0.2, 0.25) is 0 Å². The van der Waals surface area contributed by atoms with Crippen molar-refractivity contribution in [2.45, 2.75) is 0 Å². The van der Waals surface area contributed by atoms with Crippen LogP contribution in [-0.4, -0.2) is 9.78 Å². The number of hydrogen-bond acceptors (Lipinski definition) is 3. The quantitative estimate of drug-likeness (QED) is 0.767. The van der Waals surface area contributed by atoms with Gasteiger partial charge in [-0.2, -0.15) is 5.10 Å². The van der Waals surface area contributed by atoms with E-state index in [1.165, 1.54) is 12.1 Å². The first-order valence-corrected chi connectivity index (χ1v) is 6.27. The Hall–Kier alpha value is -2.14. The molecule has 90 valence electrons. The average Bonchev–Trinajstić information content (AvgIpc) is 2.97. The highest BCUT2D eigenvalue weighted by Gasteiger charge is 2.10. The highest BCUT2D eigenvalue weighted by atomic mass is 32.1. The van der Waals surface area contributed by atoms with Gasteiger partial charge in [-0.15, -0.1) is 11.3 Å². The molecular formula is C13H10FN3S. The topological polar surface area (TPSA) is 43.8 Å². The van der Waals surface area contributed by atoms with Crippen LogP contribution in [0, 0.1) is 5.82 Å². The lowest BCUT2D eigenvalue weighted by atomic mass is 10.3. The van der Waals surface area contributed by atoms with Gasteiger partial charge in [0, 0.05) is 0 Å². The Morgan fingerprint density at radius 1 is 1.22 bits per heavy atom. The van der Waals surface area contributed by atoms with Crippen molar-refractivity contribution in [3.8, 4) is 16.3 Å². The second-order valence-electron chi connectivity index (χ2n) is 3.83. The van der Waals surface area contributed by atoms with Crippen molar-refractivity contribution in [2.75, 3.05) is 5.73 Å². The number of aromatic nitrogens is 2. The second-order valence-corrected chi connectivity index (χ2v) is 4.78. The van der Waals surface area contributed by atoms with Gasteiger partial charge in [0.2, 0.25) is 0 Å². The molecule has 3 rings (SSSR count). The Morgan fingerprint density at radius 3 is 2.83 bits per heavy atom. The zero-order valence-electron chi connectivity index (χ0n) is 9.38. The summed E-state index contributed by atoms with van der Waals surface area (Å²) in [6, 6.07) is 10.2. The molecule has 0 fully saturated rings. The highest BCUT2D eigenvalue weighted by Crippen LogP contribution is 2.29. The van der Waals surface area contributed by atoms with Crippen LogP contribution >= 0.6 is 11.3 Å². The van der Waals surface area contributed by atoms with E-state index in [2.05, 4.69) is 5.10 Å². The van der Waals surface area contributed by atoms with E-state index in [0.717, 1.165) is 10.6 Å². The first-order chi connectivity index (χ1) is 8.74. The molecule has 3 nitrogen and oxygen atoms in total. The van der Waals surface area contributed by atoms with E-state index in [9.17, 15) is 4.39 Å². The molecular weight excluding hydrogens is 249 g/mol. The summed E-state index contributed by atoms with van der Waals surface area (Å²) in [6.07, 6.45) is 1.70. The molecule has 0 aliphatic rings. The molecule has 2 heterocycles. The minimum absolute atomic E-state index is 0.292. The number of thiophene rings is 1. The number of halogens is 1. The van der Waals surface area contributed by atoms with E-state index in [4.69, 9.17) is 5.73 Å². The molecule has 0 bridgehead atoms. The van der Waals surface area contributed by atoms with Crippen LogP contribution < -0.4 is 5.73 Å². The summed E-state index contributed by atoms with van der Waals surface area (Å²) < 4.78 is 14.8. The van der Waals surface area contributed by atoms with Crippen LogP contribution in [0.4, 0.5) is 10.1 Å². The van der Waals surface area contributed by atoms with Gasteiger partial charge in [0.25, 0.3) is 0 Å². The van der Waals surface area contributed by atoms with Crippen molar-refractivity contribution < 1.29 is 4.39 Å². The van der Waals surface area contributed by atoms with Gasteiger partial charge >= 0.3 is 0 Å². The van der Waals surface area contributed by atoms with Gasteiger partial charge in [0.1, 0.15) is 11.5 Å². The number of rotatable bonds is 2. The molecule has 18 heavy (non-hydrogen) atoms. The minimum atomic E-state index is -0.292. The smallest absolute Gasteiger partial charge is 0.126 e. The Labute approximate surface area is 107 Å². The number of nitrogens with zero attached hydrogens (tertiary/aromatic N) is 2. The molecule has 0 radical (unpaired) electrons. The summed E-state index contributed by atoms with van der Waals surface area (Å²) in [5, 5.41) is 6.37. The molecule has 0 saturated heterocycles. The van der Waals surface area contributed by atoms with Crippen LogP contribution in [0.1, 0.15) is 0 Å². The predicted octanol–water partition coefficient (Wildman–Crippen LogP) is 3.32. The minimum Gasteiger partial charge on any atom is -0.396 e. The molecule has 0 unspecified atom stereocenters. The van der Waals surface area contributed by atoms with Gasteiger partial charge < -0.3 is 5.73 Å². The molecule has 0 atom stereocenters. The number of benzene rings is 1. The van der Waals surface area contributed by atoms with Crippen molar-refractivity contribution in [1.82, 2.24) is 9.78 Å². The van der Waals surface area contributed by atoms with E-state index in [-0.39, 0.29) is 5.82 Å². The van der Waals surface area contributed by atoms with Crippen molar-refractivity contribution in [1.29, 1.82) is 0 Å². The van der Waals surface area contributed by atoms with E-state index in [1.54, 1.807) is 34.3 Å². The summed E-state index contributed by atoms with van der Waals surface area (Å²) in [4.78, 5) is 1.00. The second kappa shape index (κ2) is 4.27. The van der Waals surface area contributed by atoms with Crippen molar-refractivity contribution >= 4 is 17.0 Å². The van der Waals surface area contributed by atoms with Gasteiger partial charge in [-0.3, -0.25) is 0 Å². The summed E-state index contributed by atoms with van der Waals surface area (Å²) in [7, 11) is 0. The predicted molar refractivity (Wildman–Crippen MR) is 71.2 cm³/mol. The normalized spacial score (nSPS) is 10.7. The van der Waals surface area contributed by atoms with E-state index >= 15 is 0 Å². The maximum absolute atomic E-state index is 13.2. The van der Waals surface area contributed by atoms with Gasteiger partial charge in [-0.25, -0.2) is 9.07 Å². The van der Waals surface area contributed by atoms with Crippen LogP contribution in [0.15, 0.2) is 48.0 Å². The fourth-order valence-electron chi connectivity index (χ4n) is 1.74. The Kier molecular flexibility index (Phi) is 2.60. The van der Waals surface area contributed by atoms with Crippen molar-refractivity contribution in [2.24, 2.45) is 0 Å². The Balaban J connectivity index is 2.08. The SMILES string of the molecule is Nc1cn(-c2cccc(F)c2)nc1-c1cccs1. The average molecular weight is 259 g/mol. The standard InChI is InChI=1S/C13H10FN3S/c14-9-3-1-4-10(7-9)17-8-11(15)13(16-17)12-5-2-6-18-12/h1-8H,15H2. The molecule has 3 aromatic rings. The fourth-order valence-corrected chi connectivity index (χ4v) is 2.47. The molecule has 0 amide bonds. The maximum atomic E-state index is 13.2. The van der Waals surface area contributed by atoms with Crippen LogP contribution in [-0.2, 0) is 0 Å². The lowest BCUT2D eigenvalue weighted by Crippen LogP contribution is -1.95. The number of nitrogen functional groups attached to an aromatic ring is 1. The van der Waals surface area contributed by atoms with Gasteiger partial charge in [-0.05, 0) is 29.6 Å². The van der Waals surface area contributed by atoms with Crippen LogP contribution in [0.25, 0.3) is 16.3 Å². The third-order valence-corrected chi connectivity index (χ3v) is 3.45. The lowest BCUT2D eigenvalue weighted by molar-refractivity contribution is 0.625. The fraction of sp³-hybridized carbons (Fsp3) is 0. The maximum Gasteiger partial charge on any atom is 0.126 e. The molecule has 5 heteroatoms. The zero-order valence-corrected chi connectivity index (χ0v) is 10.2. The zero-order chi connectivity index (χ0) is 12.5. The third-order valence-electron chi connectivity index (χ3n) is 2.57. The Morgan fingerprint density at radius 2 is 2.11 bits per heavy atom. The largest absolute Gasteiger partial charge is 0.396 e. The summed E-state index contributed by atoms with van der Waals surface area (Å²) in [5.41, 5.74) is 7.91. The lowest BCUT2D eigenvalue weighted by Gasteiger charge is -2.00. The van der Waals surface area contributed by atoms with Gasteiger partial charge in [0.15, 0.2) is 0 Å². The highest BCUT2D eigenvalue weighted by molar-refractivity contribution is 7.13. The first-order valence-electron chi connectivity index (χ1n) is 5.39. The molecule has 0 spiro atoms. The number of anilines is 1. The molecule has 0 aliphatic carbocycles. The third kappa shape index (κ3) is 1.89. The van der Waals surface area contributed by atoms with Crippen LogP contribution in [0.5, 0.6) is 0 Å². The van der Waals surface area contributed by atoms with E-state index in [1.807, 2.05) is 17.5 Å². The van der Waals surface area contributed by atoms with Gasteiger partial charge in [0.05, 0.1) is 22.4 Å². The van der Waals surface area contributed by atoms with E-state index < -0.39 is 0 Å². The first kappa shape index (κ1) is 11.0. The summed E-state index contributed by atoms with van der Waals surface area (Å²) >= 11 is 1.57. The van der Waals surface area contributed by atoms with E-state index in [0.29, 0.717) is 11.4 Å². The molecule has 0 aliphatic heterocycles. The Bertz CT molecular complexity index is 673. The van der Waals surface area contributed by atoms with Gasteiger partial charge in [-0.1, -0.05) is 12.1 Å². The summed E-state index contributed by atoms with van der Waals surface area (Å²) in [5.74, 6) is -0.292. The molecule has 0 saturated carbocycles. The number of hydrogen-bond donors (Lipinski definition) is 1. The molecule has 1 aromatic carbocycles. The van der Waals surface area contributed by atoms with Crippen molar-refractivity contribution in [3.63, 3.8) is 0 Å². The molecule has 2 N–H and O–H groups in total.